The van der Waals surface area contributed by atoms with E-state index in [0.717, 1.165) is 11.1 Å². The summed E-state index contributed by atoms with van der Waals surface area (Å²) in [4.78, 5) is 8.56. The molecule has 28 heavy (non-hydrogen) atoms. The lowest BCUT2D eigenvalue weighted by Crippen LogP contribution is -2.39. The van der Waals surface area contributed by atoms with Crippen LogP contribution in [0, 0.1) is 5.82 Å². The molecule has 3 aromatic rings. The molecule has 0 aliphatic carbocycles. The summed E-state index contributed by atoms with van der Waals surface area (Å²) in [5.74, 6) is 1.50. The monoisotopic (exact) mass is 401 g/mol. The van der Waals surface area contributed by atoms with Crippen LogP contribution in [0.2, 0.25) is 5.02 Å². The Balaban J connectivity index is 1.42. The molecule has 8 heteroatoms. The molecule has 1 aromatic heterocycles. The van der Waals surface area contributed by atoms with E-state index >= 15 is 0 Å². The molecule has 0 saturated carbocycles. The van der Waals surface area contributed by atoms with Gasteiger partial charge in [0.2, 0.25) is 11.7 Å². The van der Waals surface area contributed by atoms with Crippen LogP contribution in [0.5, 0.6) is 0 Å². The van der Waals surface area contributed by atoms with Gasteiger partial charge in [-0.3, -0.25) is 4.99 Å². The van der Waals surface area contributed by atoms with Crippen LogP contribution in [0.1, 0.15) is 11.5 Å². The van der Waals surface area contributed by atoms with Crippen LogP contribution in [-0.2, 0) is 12.8 Å². The van der Waals surface area contributed by atoms with E-state index in [1.807, 2.05) is 18.2 Å². The van der Waals surface area contributed by atoms with Crippen LogP contribution in [0.25, 0.3) is 11.4 Å². The SMILES string of the molecule is CN=C(NCCc1cccc(F)c1)NCCc1nc(-c2ccc(Cl)cc2)no1. The van der Waals surface area contributed by atoms with Crippen LogP contribution in [0.4, 0.5) is 4.39 Å². The first kappa shape index (κ1) is 19.8. The van der Waals surface area contributed by atoms with Crippen LogP contribution in [0.15, 0.2) is 58.0 Å². The molecule has 2 aromatic carbocycles. The average molecular weight is 402 g/mol. The van der Waals surface area contributed by atoms with E-state index in [2.05, 4.69) is 25.8 Å². The largest absolute Gasteiger partial charge is 0.356 e. The van der Waals surface area contributed by atoms with Crippen LogP contribution in [-0.4, -0.2) is 36.2 Å². The van der Waals surface area contributed by atoms with Crippen molar-refractivity contribution in [3.63, 3.8) is 0 Å². The highest BCUT2D eigenvalue weighted by atomic mass is 35.5. The quantitative estimate of drug-likeness (QED) is 0.468. The maximum atomic E-state index is 13.2. The molecule has 0 atom stereocenters. The number of nitrogens with one attached hydrogen (secondary N) is 2. The fourth-order valence-electron chi connectivity index (χ4n) is 2.60. The highest BCUT2D eigenvalue weighted by Crippen LogP contribution is 2.18. The number of guanidine groups is 1. The molecule has 0 aliphatic rings. The summed E-state index contributed by atoms with van der Waals surface area (Å²) < 4.78 is 18.5. The first-order valence-electron chi connectivity index (χ1n) is 8.91. The second-order valence-electron chi connectivity index (χ2n) is 6.07. The first-order valence-corrected chi connectivity index (χ1v) is 9.29. The third-order valence-corrected chi connectivity index (χ3v) is 4.27. The highest BCUT2D eigenvalue weighted by molar-refractivity contribution is 6.30. The van der Waals surface area contributed by atoms with E-state index < -0.39 is 0 Å². The zero-order valence-electron chi connectivity index (χ0n) is 15.5. The molecule has 146 valence electrons. The van der Waals surface area contributed by atoms with Crippen LogP contribution in [0.3, 0.4) is 0 Å². The lowest BCUT2D eigenvalue weighted by molar-refractivity contribution is 0.378. The molecule has 0 radical (unpaired) electrons. The summed E-state index contributed by atoms with van der Waals surface area (Å²) in [5.41, 5.74) is 1.78. The van der Waals surface area contributed by atoms with E-state index in [9.17, 15) is 4.39 Å². The molecule has 0 saturated heterocycles. The minimum Gasteiger partial charge on any atom is -0.356 e. The molecule has 0 fully saturated rings. The third kappa shape index (κ3) is 5.79. The predicted molar refractivity (Wildman–Crippen MR) is 108 cm³/mol. The van der Waals surface area contributed by atoms with Gasteiger partial charge in [0, 0.05) is 37.1 Å². The Morgan fingerprint density at radius 2 is 1.86 bits per heavy atom. The van der Waals surface area contributed by atoms with Gasteiger partial charge in [-0.1, -0.05) is 28.9 Å². The number of nitrogens with zero attached hydrogens (tertiary/aromatic N) is 3. The van der Waals surface area contributed by atoms with Crippen molar-refractivity contribution in [1.29, 1.82) is 0 Å². The second-order valence-corrected chi connectivity index (χ2v) is 6.51. The molecule has 2 N–H and O–H groups in total. The van der Waals surface area contributed by atoms with Crippen molar-refractivity contribution < 1.29 is 8.91 Å². The summed E-state index contributed by atoms with van der Waals surface area (Å²) in [5, 5.41) is 11.0. The molecule has 0 aliphatic heterocycles. The Kier molecular flexibility index (Phi) is 6.97. The Morgan fingerprint density at radius 1 is 1.11 bits per heavy atom. The second kappa shape index (κ2) is 9.85. The van der Waals surface area contributed by atoms with Crippen molar-refractivity contribution in [2.45, 2.75) is 12.8 Å². The first-order chi connectivity index (χ1) is 13.6. The van der Waals surface area contributed by atoms with Crippen molar-refractivity contribution in [3.8, 4) is 11.4 Å². The zero-order valence-corrected chi connectivity index (χ0v) is 16.2. The number of rotatable bonds is 7. The minimum atomic E-state index is -0.225. The lowest BCUT2D eigenvalue weighted by Gasteiger charge is -2.11. The number of benzene rings is 2. The molecule has 0 unspecified atom stereocenters. The van der Waals surface area contributed by atoms with Crippen molar-refractivity contribution >= 4 is 17.6 Å². The maximum absolute atomic E-state index is 13.2. The van der Waals surface area contributed by atoms with Crippen molar-refractivity contribution in [1.82, 2.24) is 20.8 Å². The zero-order chi connectivity index (χ0) is 19.8. The molecule has 6 nitrogen and oxygen atoms in total. The van der Waals surface area contributed by atoms with Gasteiger partial charge in [-0.2, -0.15) is 4.98 Å². The summed E-state index contributed by atoms with van der Waals surface area (Å²) in [6, 6.07) is 13.8. The van der Waals surface area contributed by atoms with Crippen molar-refractivity contribution in [2.24, 2.45) is 4.99 Å². The van der Waals surface area contributed by atoms with E-state index in [1.165, 1.54) is 12.1 Å². The van der Waals surface area contributed by atoms with E-state index in [1.54, 1.807) is 25.2 Å². The van der Waals surface area contributed by atoms with Gasteiger partial charge in [-0.05, 0) is 48.4 Å². The maximum Gasteiger partial charge on any atom is 0.228 e. The minimum absolute atomic E-state index is 0.225. The van der Waals surface area contributed by atoms with Gasteiger partial charge in [0.15, 0.2) is 5.96 Å². The fourth-order valence-corrected chi connectivity index (χ4v) is 2.72. The lowest BCUT2D eigenvalue weighted by atomic mass is 10.1. The summed E-state index contributed by atoms with van der Waals surface area (Å²) in [7, 11) is 1.70. The standard InChI is InChI=1S/C20H21ClFN5O/c1-23-20(24-11-9-14-3-2-4-17(22)13-14)25-12-10-18-26-19(27-28-18)15-5-7-16(21)8-6-15/h2-8,13H,9-12H2,1H3,(H2,23,24,25). The van der Waals surface area contributed by atoms with Gasteiger partial charge in [-0.15, -0.1) is 0 Å². The van der Waals surface area contributed by atoms with Crippen molar-refractivity contribution in [3.05, 3.63) is 70.8 Å². The smallest absolute Gasteiger partial charge is 0.228 e. The molecule has 0 spiro atoms. The Morgan fingerprint density at radius 3 is 2.57 bits per heavy atom. The molecule has 0 amide bonds. The summed E-state index contributed by atoms with van der Waals surface area (Å²) >= 11 is 5.89. The van der Waals surface area contributed by atoms with Gasteiger partial charge in [0.25, 0.3) is 0 Å². The molecular weight excluding hydrogens is 381 g/mol. The number of hydrogen-bond acceptors (Lipinski definition) is 4. The Bertz CT molecular complexity index is 926. The third-order valence-electron chi connectivity index (χ3n) is 4.02. The van der Waals surface area contributed by atoms with E-state index in [4.69, 9.17) is 16.1 Å². The van der Waals surface area contributed by atoms with Crippen LogP contribution < -0.4 is 10.6 Å². The topological polar surface area (TPSA) is 75.3 Å². The van der Waals surface area contributed by atoms with Gasteiger partial charge >= 0.3 is 0 Å². The molecule has 3 rings (SSSR count). The Hall–Kier alpha value is -2.93. The van der Waals surface area contributed by atoms with Crippen LogP contribution >= 0.6 is 11.6 Å². The van der Waals surface area contributed by atoms with Gasteiger partial charge in [-0.25, -0.2) is 4.39 Å². The normalized spacial score (nSPS) is 11.5. The number of hydrogen-bond donors (Lipinski definition) is 2. The predicted octanol–water partition coefficient (Wildman–Crippen LogP) is 3.48. The average Bonchev–Trinajstić information content (AvgIpc) is 3.16. The van der Waals surface area contributed by atoms with E-state index in [-0.39, 0.29) is 5.82 Å². The van der Waals surface area contributed by atoms with E-state index in [0.29, 0.717) is 48.6 Å². The molecule has 0 bridgehead atoms. The van der Waals surface area contributed by atoms with Gasteiger partial charge in [0.1, 0.15) is 5.82 Å². The fraction of sp³-hybridized carbons (Fsp3) is 0.250. The number of aromatic nitrogens is 2. The highest BCUT2D eigenvalue weighted by Gasteiger charge is 2.08. The number of halogens is 2. The summed E-state index contributed by atoms with van der Waals surface area (Å²) in [6.07, 6.45) is 1.26. The van der Waals surface area contributed by atoms with Gasteiger partial charge in [0.05, 0.1) is 0 Å². The Labute approximate surface area is 167 Å². The molecular formula is C20H21ClFN5O. The summed E-state index contributed by atoms with van der Waals surface area (Å²) in [6.45, 7) is 1.23. The number of aliphatic imine (C=N–C) groups is 1. The molecule has 1 heterocycles. The van der Waals surface area contributed by atoms with Gasteiger partial charge < -0.3 is 15.2 Å². The van der Waals surface area contributed by atoms with Crippen molar-refractivity contribution in [2.75, 3.05) is 20.1 Å².